The fraction of sp³-hybridized carbons (Fsp3) is 0.520. The Hall–Kier alpha value is -2.64. The molecule has 0 saturated carbocycles. The number of aliphatic imine (C=N–C) groups is 1. The van der Waals surface area contributed by atoms with Gasteiger partial charge in [0.15, 0.2) is 5.96 Å². The van der Waals surface area contributed by atoms with Crippen LogP contribution in [0.5, 0.6) is 0 Å². The number of guanidine groups is 1. The zero-order chi connectivity index (χ0) is 22.3. The van der Waals surface area contributed by atoms with E-state index in [0.29, 0.717) is 13.2 Å². The van der Waals surface area contributed by atoms with Crippen molar-refractivity contribution >= 4 is 11.8 Å². The Labute approximate surface area is 192 Å². The monoisotopic (exact) mass is 436 g/mol. The van der Waals surface area contributed by atoms with Crippen molar-refractivity contribution in [3.05, 3.63) is 59.3 Å². The summed E-state index contributed by atoms with van der Waals surface area (Å²) in [4.78, 5) is 16.4. The number of aromatic nitrogens is 1. The van der Waals surface area contributed by atoms with Crippen molar-refractivity contribution in [2.24, 2.45) is 4.99 Å². The molecule has 1 atom stereocenters. The van der Waals surface area contributed by atoms with Crippen molar-refractivity contribution < 1.29 is 4.74 Å². The molecular formula is C25H36N6O. The van der Waals surface area contributed by atoms with Crippen LogP contribution < -0.4 is 10.2 Å². The number of aryl methyl sites for hydroxylation is 1. The van der Waals surface area contributed by atoms with Gasteiger partial charge in [0.05, 0.1) is 13.2 Å². The van der Waals surface area contributed by atoms with Crippen LogP contribution in [-0.2, 0) is 11.3 Å². The van der Waals surface area contributed by atoms with Crippen LogP contribution in [0.25, 0.3) is 0 Å². The molecule has 7 nitrogen and oxygen atoms in total. The quantitative estimate of drug-likeness (QED) is 0.575. The van der Waals surface area contributed by atoms with E-state index in [-0.39, 0.29) is 6.10 Å². The number of ether oxygens (including phenoxy) is 1. The van der Waals surface area contributed by atoms with Gasteiger partial charge in [0, 0.05) is 52.5 Å². The first-order valence-corrected chi connectivity index (χ1v) is 11.7. The minimum atomic E-state index is 0.0672. The van der Waals surface area contributed by atoms with Crippen LogP contribution in [0.2, 0.25) is 0 Å². The topological polar surface area (TPSA) is 56.2 Å². The number of rotatable bonds is 5. The summed E-state index contributed by atoms with van der Waals surface area (Å²) in [7, 11) is 1.85. The fourth-order valence-electron chi connectivity index (χ4n) is 4.49. The largest absolute Gasteiger partial charge is 0.370 e. The summed E-state index contributed by atoms with van der Waals surface area (Å²) in [5, 5.41) is 3.51. The average Bonchev–Trinajstić information content (AvgIpc) is 2.85. The Morgan fingerprint density at radius 2 is 1.94 bits per heavy atom. The van der Waals surface area contributed by atoms with Gasteiger partial charge in [-0.25, -0.2) is 4.98 Å². The fourth-order valence-corrected chi connectivity index (χ4v) is 4.49. The van der Waals surface area contributed by atoms with Crippen molar-refractivity contribution in [2.75, 3.05) is 64.4 Å². The Balaban J connectivity index is 1.32. The lowest BCUT2D eigenvalue weighted by Gasteiger charge is -2.36. The molecule has 2 aliphatic heterocycles. The van der Waals surface area contributed by atoms with E-state index in [1.807, 2.05) is 13.2 Å². The number of hydrogen-bond donors (Lipinski definition) is 1. The Bertz CT molecular complexity index is 892. The first kappa shape index (κ1) is 22.6. The second-order valence-corrected chi connectivity index (χ2v) is 8.51. The number of piperazine rings is 1. The molecule has 2 saturated heterocycles. The zero-order valence-corrected chi connectivity index (χ0v) is 19.6. The van der Waals surface area contributed by atoms with Crippen molar-refractivity contribution in [3.8, 4) is 0 Å². The highest BCUT2D eigenvalue weighted by Crippen LogP contribution is 2.25. The maximum atomic E-state index is 6.07. The lowest BCUT2D eigenvalue weighted by molar-refractivity contribution is -0.00834. The van der Waals surface area contributed by atoms with Gasteiger partial charge in [-0.2, -0.15) is 0 Å². The van der Waals surface area contributed by atoms with Gasteiger partial charge in [0.1, 0.15) is 11.9 Å². The predicted molar refractivity (Wildman–Crippen MR) is 130 cm³/mol. The van der Waals surface area contributed by atoms with Gasteiger partial charge in [-0.15, -0.1) is 0 Å². The van der Waals surface area contributed by atoms with Crippen molar-refractivity contribution in [2.45, 2.75) is 26.5 Å². The van der Waals surface area contributed by atoms with Gasteiger partial charge in [0.2, 0.25) is 0 Å². The Morgan fingerprint density at radius 1 is 1.12 bits per heavy atom. The third-order valence-electron chi connectivity index (χ3n) is 6.52. The van der Waals surface area contributed by atoms with E-state index < -0.39 is 0 Å². The maximum Gasteiger partial charge on any atom is 0.194 e. The average molecular weight is 437 g/mol. The molecule has 0 spiro atoms. The highest BCUT2D eigenvalue weighted by Gasteiger charge is 2.25. The molecule has 2 aliphatic rings. The van der Waals surface area contributed by atoms with Gasteiger partial charge in [-0.3, -0.25) is 4.99 Å². The number of anilines is 1. The van der Waals surface area contributed by atoms with E-state index in [9.17, 15) is 0 Å². The number of likely N-dealkylation sites (N-methyl/N-ethyl adjacent to an activating group) is 1. The number of benzene rings is 1. The van der Waals surface area contributed by atoms with E-state index in [2.05, 4.69) is 75.3 Å². The molecule has 2 aromatic rings. The zero-order valence-electron chi connectivity index (χ0n) is 19.6. The minimum absolute atomic E-state index is 0.0672. The van der Waals surface area contributed by atoms with Crippen LogP contribution >= 0.6 is 0 Å². The molecule has 3 heterocycles. The smallest absolute Gasteiger partial charge is 0.194 e. The van der Waals surface area contributed by atoms with Gasteiger partial charge >= 0.3 is 0 Å². The number of hydrogen-bond acceptors (Lipinski definition) is 5. The van der Waals surface area contributed by atoms with Gasteiger partial charge in [0.25, 0.3) is 0 Å². The third kappa shape index (κ3) is 5.40. The molecule has 172 valence electrons. The van der Waals surface area contributed by atoms with Gasteiger partial charge in [-0.1, -0.05) is 37.3 Å². The standard InChI is InChI=1S/C25H36N6O/c1-4-29-11-13-30(14-12-29)24-10-9-21(17-27-24)18-28-25(26-3)31-15-16-32-23(19-31)22-8-6-5-7-20(22)2/h5-10,17,23H,4,11-16,18-19H2,1-3H3,(H,26,28). The third-order valence-corrected chi connectivity index (χ3v) is 6.52. The summed E-state index contributed by atoms with van der Waals surface area (Å²) >= 11 is 0. The number of pyridine rings is 1. The van der Waals surface area contributed by atoms with Gasteiger partial charge < -0.3 is 24.8 Å². The first-order chi connectivity index (χ1) is 15.7. The van der Waals surface area contributed by atoms with Crippen LogP contribution in [0.1, 0.15) is 29.7 Å². The molecule has 0 amide bonds. The van der Waals surface area contributed by atoms with Crippen molar-refractivity contribution in [3.63, 3.8) is 0 Å². The molecule has 4 rings (SSSR count). The molecule has 1 N–H and O–H groups in total. The maximum absolute atomic E-state index is 6.07. The number of morpholine rings is 1. The molecule has 0 bridgehead atoms. The summed E-state index contributed by atoms with van der Waals surface area (Å²) in [5.41, 5.74) is 3.68. The summed E-state index contributed by atoms with van der Waals surface area (Å²) in [6.45, 7) is 12.8. The predicted octanol–water partition coefficient (Wildman–Crippen LogP) is 2.68. The highest BCUT2D eigenvalue weighted by atomic mass is 16.5. The summed E-state index contributed by atoms with van der Waals surface area (Å²) in [6.07, 6.45) is 2.05. The molecular weight excluding hydrogens is 400 g/mol. The Kier molecular flexibility index (Phi) is 7.60. The summed E-state index contributed by atoms with van der Waals surface area (Å²) < 4.78 is 6.07. The second-order valence-electron chi connectivity index (χ2n) is 8.51. The molecule has 2 fully saturated rings. The van der Waals surface area contributed by atoms with E-state index >= 15 is 0 Å². The Morgan fingerprint density at radius 3 is 2.62 bits per heavy atom. The van der Waals surface area contributed by atoms with Gasteiger partial charge in [-0.05, 0) is 36.2 Å². The van der Waals surface area contributed by atoms with E-state index in [1.54, 1.807) is 0 Å². The SMILES string of the molecule is CCN1CCN(c2ccc(CNC(=NC)N3CCOC(c4ccccc4C)C3)cn2)CC1. The number of nitrogens with zero attached hydrogens (tertiary/aromatic N) is 5. The van der Waals surface area contributed by atoms with Crippen LogP contribution in [0.15, 0.2) is 47.6 Å². The molecule has 7 heteroatoms. The number of nitrogens with one attached hydrogen (secondary N) is 1. The van der Waals surface area contributed by atoms with Crippen molar-refractivity contribution in [1.82, 2.24) is 20.1 Å². The van der Waals surface area contributed by atoms with Crippen LogP contribution in [0, 0.1) is 6.92 Å². The molecule has 0 radical (unpaired) electrons. The van der Waals surface area contributed by atoms with Crippen LogP contribution in [-0.4, -0.2) is 80.2 Å². The molecule has 1 aromatic heterocycles. The molecule has 0 aliphatic carbocycles. The van der Waals surface area contributed by atoms with Crippen LogP contribution in [0.4, 0.5) is 5.82 Å². The lowest BCUT2D eigenvalue weighted by Crippen LogP contribution is -2.48. The summed E-state index contributed by atoms with van der Waals surface area (Å²) in [5.74, 6) is 1.98. The first-order valence-electron chi connectivity index (χ1n) is 11.7. The van der Waals surface area contributed by atoms with E-state index in [0.717, 1.165) is 63.2 Å². The van der Waals surface area contributed by atoms with Crippen LogP contribution in [0.3, 0.4) is 0 Å². The molecule has 32 heavy (non-hydrogen) atoms. The normalized spacial score (nSPS) is 20.5. The highest BCUT2D eigenvalue weighted by molar-refractivity contribution is 5.80. The lowest BCUT2D eigenvalue weighted by atomic mass is 10.0. The van der Waals surface area contributed by atoms with E-state index in [1.165, 1.54) is 11.1 Å². The minimum Gasteiger partial charge on any atom is -0.370 e. The molecule has 1 aromatic carbocycles. The summed E-state index contributed by atoms with van der Waals surface area (Å²) in [6, 6.07) is 12.8. The molecule has 1 unspecified atom stereocenters. The van der Waals surface area contributed by atoms with Crippen molar-refractivity contribution in [1.29, 1.82) is 0 Å². The second kappa shape index (κ2) is 10.8. The van der Waals surface area contributed by atoms with E-state index in [4.69, 9.17) is 9.72 Å².